The molecule has 0 amide bonds. The summed E-state index contributed by atoms with van der Waals surface area (Å²) in [6.45, 7) is 4.21. The van der Waals surface area contributed by atoms with Gasteiger partial charge in [0.15, 0.2) is 0 Å². The van der Waals surface area contributed by atoms with E-state index in [-0.39, 0.29) is 12.0 Å². The lowest BCUT2D eigenvalue weighted by Crippen LogP contribution is -2.50. The molecule has 104 valence electrons. The average Bonchev–Trinajstić information content (AvgIpc) is 2.38. The second kappa shape index (κ2) is 6.02. The number of ether oxygens (including phenoxy) is 1. The summed E-state index contributed by atoms with van der Waals surface area (Å²) >= 11 is 0. The lowest BCUT2D eigenvalue weighted by atomic mass is 9.77. The molecule has 2 rings (SSSR count). The van der Waals surface area contributed by atoms with E-state index < -0.39 is 5.97 Å². The average molecular weight is 255 g/mol. The fourth-order valence-corrected chi connectivity index (χ4v) is 3.49. The van der Waals surface area contributed by atoms with Gasteiger partial charge in [-0.2, -0.15) is 0 Å². The molecule has 0 bridgehead atoms. The molecule has 1 saturated heterocycles. The minimum absolute atomic E-state index is 0.166. The highest BCUT2D eigenvalue weighted by atomic mass is 16.5. The Bertz CT molecular complexity index is 287. The summed E-state index contributed by atoms with van der Waals surface area (Å²) in [5.74, 6) is -0.119. The fraction of sp³-hybridized carbons (Fsp3) is 0.929. The summed E-state index contributed by atoms with van der Waals surface area (Å²) in [5, 5.41) is 9.37. The Morgan fingerprint density at radius 2 is 1.89 bits per heavy atom. The highest BCUT2D eigenvalue weighted by molar-refractivity contribution is 5.71. The van der Waals surface area contributed by atoms with Gasteiger partial charge in [-0.05, 0) is 38.0 Å². The van der Waals surface area contributed by atoms with Gasteiger partial charge >= 0.3 is 5.97 Å². The van der Waals surface area contributed by atoms with E-state index in [4.69, 9.17) is 4.74 Å². The molecule has 2 fully saturated rings. The monoisotopic (exact) mass is 255 g/mol. The van der Waals surface area contributed by atoms with Gasteiger partial charge in [-0.15, -0.1) is 0 Å². The third kappa shape index (κ3) is 3.04. The first-order valence-corrected chi connectivity index (χ1v) is 7.11. The molecule has 0 spiro atoms. The molecule has 1 saturated carbocycles. The van der Waals surface area contributed by atoms with Crippen molar-refractivity contribution in [2.45, 2.75) is 51.2 Å². The highest BCUT2D eigenvalue weighted by Crippen LogP contribution is 2.34. The molecular formula is C14H25NO3. The molecule has 3 atom stereocenters. The van der Waals surface area contributed by atoms with Crippen LogP contribution in [0.4, 0.5) is 0 Å². The van der Waals surface area contributed by atoms with Gasteiger partial charge in [0.1, 0.15) is 0 Å². The van der Waals surface area contributed by atoms with Gasteiger partial charge in [-0.3, -0.25) is 9.69 Å². The van der Waals surface area contributed by atoms with Gasteiger partial charge in [-0.1, -0.05) is 6.92 Å². The number of piperidine rings is 1. The van der Waals surface area contributed by atoms with Gasteiger partial charge in [0, 0.05) is 26.2 Å². The third-order valence-corrected chi connectivity index (χ3v) is 4.67. The summed E-state index contributed by atoms with van der Waals surface area (Å²) in [4.78, 5) is 13.8. The molecule has 18 heavy (non-hydrogen) atoms. The third-order valence-electron chi connectivity index (χ3n) is 4.67. The minimum Gasteiger partial charge on any atom is -0.481 e. The Labute approximate surface area is 109 Å². The van der Waals surface area contributed by atoms with Gasteiger partial charge in [0.2, 0.25) is 0 Å². The van der Waals surface area contributed by atoms with Crippen LogP contribution in [0.1, 0.15) is 39.0 Å². The molecule has 0 aromatic rings. The van der Waals surface area contributed by atoms with Crippen molar-refractivity contribution in [1.82, 2.24) is 4.90 Å². The molecule has 0 aromatic carbocycles. The second-order valence-electron chi connectivity index (χ2n) is 5.90. The van der Waals surface area contributed by atoms with Crippen molar-refractivity contribution in [3.05, 3.63) is 0 Å². The maximum Gasteiger partial charge on any atom is 0.308 e. The van der Waals surface area contributed by atoms with Crippen LogP contribution < -0.4 is 0 Å². The van der Waals surface area contributed by atoms with Crippen molar-refractivity contribution in [2.75, 3.05) is 20.2 Å². The summed E-state index contributed by atoms with van der Waals surface area (Å²) < 4.78 is 5.38. The molecule has 1 aliphatic heterocycles. The van der Waals surface area contributed by atoms with Crippen molar-refractivity contribution < 1.29 is 14.6 Å². The van der Waals surface area contributed by atoms with Crippen LogP contribution in [0, 0.1) is 11.8 Å². The summed E-state index contributed by atoms with van der Waals surface area (Å²) in [6.07, 6.45) is 5.37. The van der Waals surface area contributed by atoms with Crippen molar-refractivity contribution >= 4 is 5.97 Å². The predicted molar refractivity (Wildman–Crippen MR) is 69.5 cm³/mol. The number of carboxylic acid groups (broad SMARTS) is 1. The number of aliphatic carboxylic acids is 1. The van der Waals surface area contributed by atoms with Gasteiger partial charge in [0.25, 0.3) is 0 Å². The molecule has 0 aromatic heterocycles. The number of carboxylic acids is 1. The Balaban J connectivity index is 1.98. The van der Waals surface area contributed by atoms with E-state index in [0.29, 0.717) is 12.0 Å². The molecule has 0 radical (unpaired) electrons. The second-order valence-corrected chi connectivity index (χ2v) is 5.90. The maximum absolute atomic E-state index is 11.4. The fourth-order valence-electron chi connectivity index (χ4n) is 3.49. The van der Waals surface area contributed by atoms with Crippen LogP contribution in [0.2, 0.25) is 0 Å². The lowest BCUT2D eigenvalue weighted by Gasteiger charge is -2.43. The SMILES string of the molecule is COC1CCN(C2CC(C)CCC2C(=O)O)CC1. The summed E-state index contributed by atoms with van der Waals surface area (Å²) in [6, 6.07) is 0.240. The first-order chi connectivity index (χ1) is 8.61. The molecule has 4 nitrogen and oxygen atoms in total. The molecule has 1 aliphatic carbocycles. The number of nitrogens with zero attached hydrogens (tertiary/aromatic N) is 1. The number of methoxy groups -OCH3 is 1. The normalized spacial score (nSPS) is 35.6. The van der Waals surface area contributed by atoms with Crippen molar-refractivity contribution in [3.63, 3.8) is 0 Å². The van der Waals surface area contributed by atoms with E-state index in [1.165, 1.54) is 0 Å². The number of hydrogen-bond donors (Lipinski definition) is 1. The topological polar surface area (TPSA) is 49.8 Å². The zero-order valence-electron chi connectivity index (χ0n) is 11.5. The summed E-state index contributed by atoms with van der Waals surface area (Å²) in [5.41, 5.74) is 0. The first-order valence-electron chi connectivity index (χ1n) is 7.11. The molecule has 3 unspecified atom stereocenters. The van der Waals surface area contributed by atoms with Crippen molar-refractivity contribution in [1.29, 1.82) is 0 Å². The number of likely N-dealkylation sites (tertiary alicyclic amines) is 1. The largest absolute Gasteiger partial charge is 0.481 e. The van der Waals surface area contributed by atoms with Crippen LogP contribution in [0.25, 0.3) is 0 Å². The van der Waals surface area contributed by atoms with Crippen LogP contribution in [0.15, 0.2) is 0 Å². The van der Waals surface area contributed by atoms with Gasteiger partial charge < -0.3 is 9.84 Å². The van der Waals surface area contributed by atoms with E-state index in [1.54, 1.807) is 7.11 Å². The molecular weight excluding hydrogens is 230 g/mol. The van der Waals surface area contributed by atoms with Crippen LogP contribution in [-0.2, 0) is 9.53 Å². The maximum atomic E-state index is 11.4. The first kappa shape index (κ1) is 13.8. The van der Waals surface area contributed by atoms with Gasteiger partial charge in [-0.25, -0.2) is 0 Å². The zero-order chi connectivity index (χ0) is 13.1. The van der Waals surface area contributed by atoms with E-state index in [0.717, 1.165) is 45.2 Å². The molecule has 4 heteroatoms. The van der Waals surface area contributed by atoms with Gasteiger partial charge in [0.05, 0.1) is 12.0 Å². The van der Waals surface area contributed by atoms with Crippen LogP contribution in [0.3, 0.4) is 0 Å². The standard InChI is InChI=1S/C14H25NO3/c1-10-3-4-12(14(16)17)13(9-10)15-7-5-11(18-2)6-8-15/h10-13H,3-9H2,1-2H3,(H,16,17). The predicted octanol–water partition coefficient (Wildman–Crippen LogP) is 1.99. The van der Waals surface area contributed by atoms with Crippen LogP contribution in [-0.4, -0.2) is 48.3 Å². The number of carbonyl (C=O) groups is 1. The number of rotatable bonds is 3. The molecule has 1 heterocycles. The zero-order valence-corrected chi connectivity index (χ0v) is 11.5. The van der Waals surface area contributed by atoms with E-state index >= 15 is 0 Å². The van der Waals surface area contributed by atoms with E-state index in [9.17, 15) is 9.90 Å². The smallest absolute Gasteiger partial charge is 0.308 e. The molecule has 1 N–H and O–H groups in total. The highest BCUT2D eigenvalue weighted by Gasteiger charge is 2.38. The van der Waals surface area contributed by atoms with Crippen molar-refractivity contribution in [3.8, 4) is 0 Å². The Hall–Kier alpha value is -0.610. The Morgan fingerprint density at radius 1 is 1.22 bits per heavy atom. The van der Waals surface area contributed by atoms with Crippen molar-refractivity contribution in [2.24, 2.45) is 11.8 Å². The number of hydrogen-bond acceptors (Lipinski definition) is 3. The van der Waals surface area contributed by atoms with Crippen LogP contribution in [0.5, 0.6) is 0 Å². The summed E-state index contributed by atoms with van der Waals surface area (Å²) in [7, 11) is 1.77. The Morgan fingerprint density at radius 3 is 2.44 bits per heavy atom. The Kier molecular flexibility index (Phi) is 4.62. The van der Waals surface area contributed by atoms with E-state index in [2.05, 4.69) is 11.8 Å². The van der Waals surface area contributed by atoms with E-state index in [1.807, 2.05) is 0 Å². The molecule has 2 aliphatic rings. The minimum atomic E-state index is -0.610. The quantitative estimate of drug-likeness (QED) is 0.838. The lowest BCUT2D eigenvalue weighted by molar-refractivity contribution is -0.146. The van der Waals surface area contributed by atoms with Crippen LogP contribution >= 0.6 is 0 Å².